The summed E-state index contributed by atoms with van der Waals surface area (Å²) < 4.78 is 0. The van der Waals surface area contributed by atoms with E-state index in [0.29, 0.717) is 29.4 Å². The van der Waals surface area contributed by atoms with Crippen molar-refractivity contribution in [2.75, 3.05) is 11.9 Å². The van der Waals surface area contributed by atoms with Crippen LogP contribution >= 0.6 is 11.6 Å². The Labute approximate surface area is 93.5 Å². The summed E-state index contributed by atoms with van der Waals surface area (Å²) in [6.45, 7) is 2.26. The van der Waals surface area contributed by atoms with Crippen LogP contribution < -0.4 is 5.32 Å². The number of aliphatic hydroxyl groups is 1. The van der Waals surface area contributed by atoms with Gasteiger partial charge in [-0.1, -0.05) is 18.5 Å². The Morgan fingerprint density at radius 2 is 2.47 bits per heavy atom. The van der Waals surface area contributed by atoms with Gasteiger partial charge in [-0.25, -0.2) is 4.98 Å². The number of hydrogen-bond acceptors (Lipinski definition) is 4. The molecule has 1 atom stereocenters. The lowest BCUT2D eigenvalue weighted by molar-refractivity contribution is 0.183. The Kier molecular flexibility index (Phi) is 4.35. The molecule has 1 aromatic rings. The smallest absolute Gasteiger partial charge is 0.146 e. The van der Waals surface area contributed by atoms with Crippen molar-refractivity contribution in [1.29, 1.82) is 5.26 Å². The number of hydrogen-bond donors (Lipinski definition) is 2. The average molecular weight is 226 g/mol. The Morgan fingerprint density at radius 3 is 3.07 bits per heavy atom. The van der Waals surface area contributed by atoms with Gasteiger partial charge in [0.1, 0.15) is 16.9 Å². The fourth-order valence-electron chi connectivity index (χ4n) is 1.01. The maximum absolute atomic E-state index is 9.34. The highest BCUT2D eigenvalue weighted by Crippen LogP contribution is 2.22. The molecule has 0 fully saturated rings. The van der Waals surface area contributed by atoms with E-state index < -0.39 is 6.10 Å². The summed E-state index contributed by atoms with van der Waals surface area (Å²) in [5, 5.41) is 21.3. The van der Waals surface area contributed by atoms with Crippen LogP contribution in [0.1, 0.15) is 18.9 Å². The number of nitriles is 1. The molecule has 0 radical (unpaired) electrons. The van der Waals surface area contributed by atoms with Crippen LogP contribution in [0, 0.1) is 11.3 Å². The second kappa shape index (κ2) is 5.54. The van der Waals surface area contributed by atoms with Gasteiger partial charge in [-0.3, -0.25) is 0 Å². The van der Waals surface area contributed by atoms with Gasteiger partial charge < -0.3 is 10.4 Å². The molecule has 0 saturated heterocycles. The molecular weight excluding hydrogens is 214 g/mol. The van der Waals surface area contributed by atoms with Crippen molar-refractivity contribution in [3.8, 4) is 6.07 Å². The van der Waals surface area contributed by atoms with Crippen LogP contribution in [-0.2, 0) is 0 Å². The van der Waals surface area contributed by atoms with Gasteiger partial charge in [0.2, 0.25) is 0 Å². The predicted octanol–water partition coefficient (Wildman–Crippen LogP) is 1.79. The lowest BCUT2D eigenvalue weighted by Crippen LogP contribution is -2.19. The van der Waals surface area contributed by atoms with Crippen LogP contribution in [0.3, 0.4) is 0 Å². The molecule has 0 bridgehead atoms. The highest BCUT2D eigenvalue weighted by Gasteiger charge is 2.08. The van der Waals surface area contributed by atoms with Crippen molar-refractivity contribution in [1.82, 2.24) is 4.98 Å². The lowest BCUT2D eigenvalue weighted by atomic mass is 10.2. The molecule has 0 aliphatic heterocycles. The summed E-state index contributed by atoms with van der Waals surface area (Å²) in [7, 11) is 0. The Bertz CT molecular complexity index is 375. The SMILES string of the molecule is CCC(O)CNc1nccc(C#N)c1Cl. The molecule has 0 aromatic carbocycles. The number of nitrogens with zero attached hydrogens (tertiary/aromatic N) is 2. The predicted molar refractivity (Wildman–Crippen MR) is 58.7 cm³/mol. The number of halogens is 1. The third-order valence-electron chi connectivity index (χ3n) is 1.99. The highest BCUT2D eigenvalue weighted by molar-refractivity contribution is 6.34. The first-order valence-corrected chi connectivity index (χ1v) is 5.03. The second-order valence-electron chi connectivity index (χ2n) is 3.08. The molecule has 0 spiro atoms. The number of nitrogens with one attached hydrogen (secondary N) is 1. The minimum absolute atomic E-state index is 0.295. The average Bonchev–Trinajstić information content (AvgIpc) is 2.27. The zero-order valence-electron chi connectivity index (χ0n) is 8.37. The molecule has 1 rings (SSSR count). The highest BCUT2D eigenvalue weighted by atomic mass is 35.5. The molecule has 0 amide bonds. The molecule has 5 heteroatoms. The summed E-state index contributed by atoms with van der Waals surface area (Å²) in [6, 6.07) is 3.51. The van der Waals surface area contributed by atoms with E-state index in [9.17, 15) is 5.11 Å². The first-order chi connectivity index (χ1) is 7.19. The van der Waals surface area contributed by atoms with Crippen molar-refractivity contribution in [2.45, 2.75) is 19.4 Å². The largest absolute Gasteiger partial charge is 0.391 e. The summed E-state index contributed by atoms with van der Waals surface area (Å²) in [5.41, 5.74) is 0.375. The van der Waals surface area contributed by atoms with Gasteiger partial charge in [0.25, 0.3) is 0 Å². The molecule has 15 heavy (non-hydrogen) atoms. The van der Waals surface area contributed by atoms with Gasteiger partial charge >= 0.3 is 0 Å². The first kappa shape index (κ1) is 11.8. The van der Waals surface area contributed by atoms with Crippen molar-refractivity contribution in [2.24, 2.45) is 0 Å². The molecule has 1 unspecified atom stereocenters. The third-order valence-corrected chi connectivity index (χ3v) is 2.37. The molecule has 0 saturated carbocycles. The minimum Gasteiger partial charge on any atom is -0.391 e. The first-order valence-electron chi connectivity index (χ1n) is 4.65. The summed E-state index contributed by atoms with van der Waals surface area (Å²) in [6.07, 6.45) is 1.72. The molecular formula is C10H12ClN3O. The molecule has 1 aromatic heterocycles. The Balaban J connectivity index is 2.74. The number of anilines is 1. The second-order valence-corrected chi connectivity index (χ2v) is 3.45. The van der Waals surface area contributed by atoms with Crippen LogP contribution in [0.4, 0.5) is 5.82 Å². The Morgan fingerprint density at radius 1 is 1.73 bits per heavy atom. The van der Waals surface area contributed by atoms with E-state index in [1.165, 1.54) is 6.20 Å². The summed E-state index contributed by atoms with van der Waals surface area (Å²) >= 11 is 5.91. The zero-order valence-corrected chi connectivity index (χ0v) is 9.12. The maximum atomic E-state index is 9.34. The monoisotopic (exact) mass is 225 g/mol. The van der Waals surface area contributed by atoms with Gasteiger partial charge in [-0.05, 0) is 12.5 Å². The standard InChI is InChI=1S/C10H12ClN3O/c1-2-8(15)6-14-10-9(11)7(5-12)3-4-13-10/h3-4,8,15H,2,6H2,1H3,(H,13,14). The van der Waals surface area contributed by atoms with Gasteiger partial charge in [0.05, 0.1) is 11.7 Å². The fraction of sp³-hybridized carbons (Fsp3) is 0.400. The van der Waals surface area contributed by atoms with E-state index in [2.05, 4.69) is 10.3 Å². The minimum atomic E-state index is -0.436. The van der Waals surface area contributed by atoms with Crippen molar-refractivity contribution >= 4 is 17.4 Å². The number of rotatable bonds is 4. The van der Waals surface area contributed by atoms with Gasteiger partial charge in [-0.2, -0.15) is 5.26 Å². The number of pyridine rings is 1. The fourth-order valence-corrected chi connectivity index (χ4v) is 1.23. The molecule has 80 valence electrons. The van der Waals surface area contributed by atoms with Gasteiger partial charge in [0, 0.05) is 12.7 Å². The van der Waals surface area contributed by atoms with Crippen LogP contribution in [0.25, 0.3) is 0 Å². The van der Waals surface area contributed by atoms with E-state index in [4.69, 9.17) is 16.9 Å². The molecule has 1 heterocycles. The molecule has 0 aliphatic carbocycles. The van der Waals surface area contributed by atoms with Crippen molar-refractivity contribution in [3.05, 3.63) is 22.8 Å². The van der Waals surface area contributed by atoms with E-state index in [0.717, 1.165) is 0 Å². The quantitative estimate of drug-likeness (QED) is 0.820. The lowest BCUT2D eigenvalue weighted by Gasteiger charge is -2.11. The van der Waals surface area contributed by atoms with E-state index in [1.807, 2.05) is 13.0 Å². The molecule has 2 N–H and O–H groups in total. The van der Waals surface area contributed by atoms with E-state index in [1.54, 1.807) is 6.07 Å². The number of aromatic nitrogens is 1. The maximum Gasteiger partial charge on any atom is 0.146 e. The molecule has 0 aliphatic rings. The van der Waals surface area contributed by atoms with E-state index in [-0.39, 0.29) is 0 Å². The van der Waals surface area contributed by atoms with Crippen molar-refractivity contribution < 1.29 is 5.11 Å². The number of aliphatic hydroxyl groups excluding tert-OH is 1. The van der Waals surface area contributed by atoms with Crippen LogP contribution in [-0.4, -0.2) is 22.7 Å². The van der Waals surface area contributed by atoms with Crippen molar-refractivity contribution in [3.63, 3.8) is 0 Å². The Hall–Kier alpha value is -1.31. The summed E-state index contributed by atoms with van der Waals surface area (Å²) in [5.74, 6) is 0.434. The third kappa shape index (κ3) is 3.08. The van der Waals surface area contributed by atoms with Crippen LogP contribution in [0.15, 0.2) is 12.3 Å². The topological polar surface area (TPSA) is 68.9 Å². The normalized spacial score (nSPS) is 11.9. The van der Waals surface area contributed by atoms with Crippen LogP contribution in [0.2, 0.25) is 5.02 Å². The molecule has 4 nitrogen and oxygen atoms in total. The van der Waals surface area contributed by atoms with Gasteiger partial charge in [-0.15, -0.1) is 0 Å². The zero-order chi connectivity index (χ0) is 11.3. The van der Waals surface area contributed by atoms with E-state index >= 15 is 0 Å². The van der Waals surface area contributed by atoms with Crippen LogP contribution in [0.5, 0.6) is 0 Å². The summed E-state index contributed by atoms with van der Waals surface area (Å²) in [4.78, 5) is 3.99. The van der Waals surface area contributed by atoms with Gasteiger partial charge in [0.15, 0.2) is 0 Å².